The Kier molecular flexibility index (Phi) is 5.84. The van der Waals surface area contributed by atoms with E-state index in [2.05, 4.69) is 15.0 Å². The van der Waals surface area contributed by atoms with E-state index in [0.29, 0.717) is 22.8 Å². The van der Waals surface area contributed by atoms with Crippen LogP contribution in [0.25, 0.3) is 0 Å². The highest BCUT2D eigenvalue weighted by Gasteiger charge is 2.19. The second kappa shape index (κ2) is 8.32. The summed E-state index contributed by atoms with van der Waals surface area (Å²) in [5.41, 5.74) is 2.67. The number of pyridine rings is 1. The number of sulfonamides is 1. The molecule has 3 rings (SSSR count). The number of anilines is 2. The second-order valence-electron chi connectivity index (χ2n) is 6.44. The molecule has 0 unspecified atom stereocenters. The zero-order valence-electron chi connectivity index (χ0n) is 16.3. The number of aromatic nitrogens is 1. The first-order valence-corrected chi connectivity index (χ1v) is 10.3. The van der Waals surface area contributed by atoms with Crippen LogP contribution in [-0.2, 0) is 10.0 Å². The largest absolute Gasteiger partial charge is 0.481 e. The van der Waals surface area contributed by atoms with Gasteiger partial charge in [0.25, 0.3) is 15.9 Å². The molecule has 2 aromatic carbocycles. The van der Waals surface area contributed by atoms with Crippen molar-refractivity contribution in [3.63, 3.8) is 0 Å². The Morgan fingerprint density at radius 2 is 1.76 bits per heavy atom. The molecule has 29 heavy (non-hydrogen) atoms. The lowest BCUT2D eigenvalue weighted by molar-refractivity contribution is 0.102. The number of benzene rings is 2. The highest BCUT2D eigenvalue weighted by atomic mass is 32.2. The van der Waals surface area contributed by atoms with Gasteiger partial charge in [0.05, 0.1) is 29.6 Å². The molecule has 8 heteroatoms. The number of ether oxygens (including phenoxy) is 1. The first-order chi connectivity index (χ1) is 13.8. The molecule has 1 aromatic heterocycles. The van der Waals surface area contributed by atoms with Crippen molar-refractivity contribution >= 4 is 27.3 Å². The molecule has 7 nitrogen and oxygen atoms in total. The summed E-state index contributed by atoms with van der Waals surface area (Å²) < 4.78 is 33.2. The second-order valence-corrected chi connectivity index (χ2v) is 8.12. The molecule has 1 amide bonds. The number of hydrogen-bond donors (Lipinski definition) is 2. The van der Waals surface area contributed by atoms with Gasteiger partial charge in [-0.3, -0.25) is 9.52 Å². The molecule has 0 radical (unpaired) electrons. The normalized spacial score (nSPS) is 11.0. The van der Waals surface area contributed by atoms with Gasteiger partial charge >= 0.3 is 0 Å². The minimum Gasteiger partial charge on any atom is -0.481 e. The van der Waals surface area contributed by atoms with Crippen molar-refractivity contribution in [2.45, 2.75) is 18.7 Å². The van der Waals surface area contributed by atoms with Gasteiger partial charge in [0.2, 0.25) is 5.88 Å². The van der Waals surface area contributed by atoms with Crippen LogP contribution in [0.4, 0.5) is 11.4 Å². The van der Waals surface area contributed by atoms with Crippen molar-refractivity contribution in [1.29, 1.82) is 0 Å². The lowest BCUT2D eigenvalue weighted by Gasteiger charge is -2.13. The number of hydrogen-bond acceptors (Lipinski definition) is 5. The number of carbonyl (C=O) groups is 1. The lowest BCUT2D eigenvalue weighted by Crippen LogP contribution is -2.17. The Labute approximate surface area is 169 Å². The van der Waals surface area contributed by atoms with E-state index >= 15 is 0 Å². The number of rotatable bonds is 6. The maximum absolute atomic E-state index is 12.8. The molecular formula is C21H21N3O4S. The van der Waals surface area contributed by atoms with Gasteiger partial charge in [-0.1, -0.05) is 24.3 Å². The minimum absolute atomic E-state index is 0.00404. The number of para-hydroxylation sites is 1. The molecule has 150 valence electrons. The quantitative estimate of drug-likeness (QED) is 0.644. The fraction of sp³-hybridized carbons (Fsp3) is 0.143. The van der Waals surface area contributed by atoms with Crippen molar-refractivity contribution < 1.29 is 17.9 Å². The third kappa shape index (κ3) is 4.72. The van der Waals surface area contributed by atoms with Crippen molar-refractivity contribution in [3.05, 3.63) is 77.5 Å². The van der Waals surface area contributed by atoms with Gasteiger partial charge in [0.1, 0.15) is 0 Å². The van der Waals surface area contributed by atoms with Gasteiger partial charge in [-0.2, -0.15) is 0 Å². The highest BCUT2D eigenvalue weighted by Crippen LogP contribution is 2.22. The molecule has 0 spiro atoms. The Bertz CT molecular complexity index is 1140. The molecule has 0 bridgehead atoms. The average Bonchev–Trinajstić information content (AvgIpc) is 2.70. The Morgan fingerprint density at radius 1 is 1.00 bits per heavy atom. The summed E-state index contributed by atoms with van der Waals surface area (Å²) in [4.78, 5) is 16.7. The van der Waals surface area contributed by atoms with Crippen LogP contribution >= 0.6 is 0 Å². The van der Waals surface area contributed by atoms with E-state index in [1.807, 2.05) is 19.1 Å². The molecule has 3 aromatic rings. The summed E-state index contributed by atoms with van der Waals surface area (Å²) in [7, 11) is -2.35. The Hall–Kier alpha value is -3.39. The van der Waals surface area contributed by atoms with Crippen LogP contribution in [0.1, 0.15) is 21.5 Å². The molecule has 0 fully saturated rings. The van der Waals surface area contributed by atoms with Crippen LogP contribution in [0.15, 0.2) is 65.7 Å². The van der Waals surface area contributed by atoms with Crippen LogP contribution < -0.4 is 14.8 Å². The summed E-state index contributed by atoms with van der Waals surface area (Å²) in [5, 5.41) is 2.72. The van der Waals surface area contributed by atoms with Crippen molar-refractivity contribution in [1.82, 2.24) is 4.98 Å². The number of aryl methyl sites for hydroxylation is 2. The molecule has 0 aliphatic carbocycles. The van der Waals surface area contributed by atoms with Gasteiger partial charge < -0.3 is 10.1 Å². The summed E-state index contributed by atoms with van der Waals surface area (Å²) >= 11 is 0. The number of carbonyl (C=O) groups excluding carboxylic acids is 1. The summed E-state index contributed by atoms with van der Waals surface area (Å²) in [6.07, 6.45) is 1.46. The van der Waals surface area contributed by atoms with E-state index in [-0.39, 0.29) is 10.5 Å². The molecular weight excluding hydrogens is 390 g/mol. The fourth-order valence-corrected chi connectivity index (χ4v) is 3.83. The molecule has 2 N–H and O–H groups in total. The van der Waals surface area contributed by atoms with Crippen LogP contribution in [-0.4, -0.2) is 26.4 Å². The molecule has 0 saturated carbocycles. The van der Waals surface area contributed by atoms with Crippen LogP contribution in [0, 0.1) is 13.8 Å². The summed E-state index contributed by atoms with van der Waals surface area (Å²) in [6.45, 7) is 3.56. The summed E-state index contributed by atoms with van der Waals surface area (Å²) in [6, 6.07) is 14.8. The lowest BCUT2D eigenvalue weighted by atomic mass is 10.1. The predicted molar refractivity (Wildman–Crippen MR) is 112 cm³/mol. The number of methoxy groups -OCH3 is 1. The molecule has 1 heterocycles. The van der Waals surface area contributed by atoms with Crippen molar-refractivity contribution in [2.75, 3.05) is 17.1 Å². The zero-order valence-corrected chi connectivity index (χ0v) is 17.1. The third-order valence-electron chi connectivity index (χ3n) is 4.36. The van der Waals surface area contributed by atoms with E-state index in [0.717, 1.165) is 5.56 Å². The highest BCUT2D eigenvalue weighted by molar-refractivity contribution is 7.92. The number of amides is 1. The standard InChI is InChI=1S/C21H21N3O4S/c1-14-8-10-17(29(26,27)24-19-7-5-4-6-15(19)2)12-18(14)21(25)23-16-9-11-20(28-3)22-13-16/h4-13,24H,1-3H3,(H,23,25). The molecule has 0 aliphatic heterocycles. The van der Waals surface area contributed by atoms with Gasteiger partial charge in [0.15, 0.2) is 0 Å². The number of nitrogens with zero attached hydrogens (tertiary/aromatic N) is 1. The smallest absolute Gasteiger partial charge is 0.261 e. The van der Waals surface area contributed by atoms with Crippen LogP contribution in [0.2, 0.25) is 0 Å². The first-order valence-electron chi connectivity index (χ1n) is 8.80. The maximum atomic E-state index is 12.8. The van der Waals surface area contributed by atoms with Gasteiger partial charge in [-0.05, 0) is 49.2 Å². The predicted octanol–water partition coefficient (Wildman–Crippen LogP) is 3.76. The van der Waals surface area contributed by atoms with Crippen molar-refractivity contribution in [3.8, 4) is 5.88 Å². The molecule has 0 aliphatic rings. The number of nitrogens with one attached hydrogen (secondary N) is 2. The van der Waals surface area contributed by atoms with Crippen LogP contribution in [0.5, 0.6) is 5.88 Å². The minimum atomic E-state index is -3.85. The van der Waals surface area contributed by atoms with E-state index in [1.165, 1.54) is 25.4 Å². The van der Waals surface area contributed by atoms with Gasteiger partial charge in [0, 0.05) is 11.6 Å². The van der Waals surface area contributed by atoms with E-state index in [4.69, 9.17) is 4.74 Å². The topological polar surface area (TPSA) is 97.4 Å². The molecule has 0 saturated heterocycles. The fourth-order valence-electron chi connectivity index (χ4n) is 2.68. The first kappa shape index (κ1) is 20.3. The Balaban J connectivity index is 1.86. The average molecular weight is 411 g/mol. The third-order valence-corrected chi connectivity index (χ3v) is 5.72. The monoisotopic (exact) mass is 411 g/mol. The van der Waals surface area contributed by atoms with E-state index in [1.54, 1.807) is 37.3 Å². The van der Waals surface area contributed by atoms with Crippen molar-refractivity contribution in [2.24, 2.45) is 0 Å². The van der Waals surface area contributed by atoms with Gasteiger partial charge in [-0.15, -0.1) is 0 Å². The Morgan fingerprint density at radius 3 is 2.41 bits per heavy atom. The van der Waals surface area contributed by atoms with Crippen LogP contribution in [0.3, 0.4) is 0 Å². The maximum Gasteiger partial charge on any atom is 0.261 e. The molecule has 0 atom stereocenters. The SMILES string of the molecule is COc1ccc(NC(=O)c2cc(S(=O)(=O)Nc3ccccc3C)ccc2C)cn1. The van der Waals surface area contributed by atoms with Gasteiger partial charge in [-0.25, -0.2) is 13.4 Å². The summed E-state index contributed by atoms with van der Waals surface area (Å²) in [5.74, 6) is -0.00282. The van der Waals surface area contributed by atoms with E-state index in [9.17, 15) is 13.2 Å². The van der Waals surface area contributed by atoms with E-state index < -0.39 is 15.9 Å². The zero-order chi connectivity index (χ0) is 21.0.